The monoisotopic (exact) mass is 605 g/mol. The van der Waals surface area contributed by atoms with Crippen LogP contribution in [-0.2, 0) is 35.0 Å². The summed E-state index contributed by atoms with van der Waals surface area (Å²) in [5.41, 5.74) is -5.68. The molecule has 220 valence electrons. The second-order valence-corrected chi connectivity index (χ2v) is 10.0. The summed E-state index contributed by atoms with van der Waals surface area (Å²) in [6.45, 7) is -0.160. The molecule has 41 heavy (non-hydrogen) atoms. The number of hydrogen-bond acceptors (Lipinski definition) is 4. The van der Waals surface area contributed by atoms with Crippen molar-refractivity contribution in [3.63, 3.8) is 0 Å². The molecule has 1 heterocycles. The summed E-state index contributed by atoms with van der Waals surface area (Å²) in [5.74, 6) is -3.70. The first-order valence-corrected chi connectivity index (χ1v) is 12.8. The van der Waals surface area contributed by atoms with E-state index in [4.69, 9.17) is 16.3 Å². The molecule has 0 saturated heterocycles. The summed E-state index contributed by atoms with van der Waals surface area (Å²) in [4.78, 5) is 29.3. The van der Waals surface area contributed by atoms with Crippen LogP contribution < -0.4 is 10.9 Å². The second kappa shape index (κ2) is 12.2. The predicted molar refractivity (Wildman–Crippen MR) is 134 cm³/mol. The highest BCUT2D eigenvalue weighted by atomic mass is 35.5. The zero-order valence-corrected chi connectivity index (χ0v) is 21.9. The molecule has 6 nitrogen and oxygen atoms in total. The highest BCUT2D eigenvalue weighted by Gasteiger charge is 2.39. The molecule has 0 atom stereocenters. The summed E-state index contributed by atoms with van der Waals surface area (Å²) in [6, 6.07) is 8.47. The van der Waals surface area contributed by atoms with Gasteiger partial charge in [0.1, 0.15) is 11.6 Å². The fraction of sp³-hybridized carbons (Fsp3) is 0.370. The van der Waals surface area contributed by atoms with Crippen LogP contribution in [0.25, 0.3) is 11.4 Å². The number of nitrogens with one attached hydrogen (secondary N) is 2. The molecule has 0 radical (unpaired) electrons. The first-order chi connectivity index (χ1) is 19.2. The molecule has 2 aromatic carbocycles. The number of rotatable bonds is 7. The van der Waals surface area contributed by atoms with Gasteiger partial charge in [0, 0.05) is 29.1 Å². The molecule has 14 heteroatoms. The maximum Gasteiger partial charge on any atom is 0.433 e. The van der Waals surface area contributed by atoms with Gasteiger partial charge in [0.2, 0.25) is 5.91 Å². The molecule has 0 aliphatic heterocycles. The highest BCUT2D eigenvalue weighted by molar-refractivity contribution is 6.30. The summed E-state index contributed by atoms with van der Waals surface area (Å²) in [7, 11) is 0. The predicted octanol–water partition coefficient (Wildman–Crippen LogP) is 6.66. The largest absolute Gasteiger partial charge is 0.433 e. The number of carbonyl (C=O) groups is 1. The number of ether oxygens (including phenoxy) is 1. The lowest BCUT2D eigenvalue weighted by Gasteiger charge is -2.28. The second-order valence-electron chi connectivity index (χ2n) is 9.56. The first kappa shape index (κ1) is 30.5. The molecule has 0 spiro atoms. The van der Waals surface area contributed by atoms with E-state index in [1.807, 2.05) is 12.1 Å². The average Bonchev–Trinajstić information content (AvgIpc) is 2.90. The SMILES string of the molecule is O=c1cc(C(F)(F)F)nc(-c2c(C(F)(F)F)ccc(CNC(=O)[C@H]3CC[C@H](OCc4ccc(Cl)cc4)CC3)c2F)[nH]1. The van der Waals surface area contributed by atoms with Gasteiger partial charge in [-0.1, -0.05) is 29.8 Å². The van der Waals surface area contributed by atoms with Crippen molar-refractivity contribution in [1.29, 1.82) is 0 Å². The van der Waals surface area contributed by atoms with Gasteiger partial charge in [-0.2, -0.15) is 26.3 Å². The van der Waals surface area contributed by atoms with Gasteiger partial charge in [0.05, 0.1) is 23.8 Å². The van der Waals surface area contributed by atoms with E-state index < -0.39 is 70.3 Å². The lowest BCUT2D eigenvalue weighted by molar-refractivity contribution is -0.141. The zero-order chi connectivity index (χ0) is 29.9. The Bertz CT molecular complexity index is 1450. The van der Waals surface area contributed by atoms with Crippen molar-refractivity contribution in [2.75, 3.05) is 0 Å². The third-order valence-electron chi connectivity index (χ3n) is 6.69. The van der Waals surface area contributed by atoms with Crippen molar-refractivity contribution in [2.45, 2.75) is 57.3 Å². The Morgan fingerprint density at radius 1 is 1.00 bits per heavy atom. The Balaban J connectivity index is 1.44. The number of benzene rings is 2. The molecular formula is C27H23ClF7N3O3. The maximum atomic E-state index is 15.4. The number of nitrogens with zero attached hydrogens (tertiary/aromatic N) is 1. The number of alkyl halides is 6. The van der Waals surface area contributed by atoms with Crippen LogP contribution in [-0.4, -0.2) is 22.0 Å². The fourth-order valence-electron chi connectivity index (χ4n) is 4.56. The van der Waals surface area contributed by atoms with Gasteiger partial charge < -0.3 is 15.0 Å². The lowest BCUT2D eigenvalue weighted by Crippen LogP contribution is -2.34. The molecule has 1 aliphatic carbocycles. The van der Waals surface area contributed by atoms with Crippen LogP contribution in [0.1, 0.15) is 48.1 Å². The molecule has 2 N–H and O–H groups in total. The van der Waals surface area contributed by atoms with Crippen molar-refractivity contribution in [1.82, 2.24) is 15.3 Å². The third kappa shape index (κ3) is 7.64. The minimum atomic E-state index is -5.18. The van der Waals surface area contributed by atoms with E-state index in [2.05, 4.69) is 10.3 Å². The number of amides is 1. The topological polar surface area (TPSA) is 84.1 Å². The standard InChI is InChI=1S/C27H23ClF7N3O3/c28-17-6-1-14(2-7-17)13-41-18-8-3-15(4-9-18)25(40)36-12-16-5-10-19(26(30,31)32)22(23(16)29)24-37-20(27(33,34)35)11-21(39)38-24/h1-2,5-7,10-11,15,18H,3-4,8-9,12-13H2,(H,36,40)(H,37,38,39)/t15-,18-. The van der Waals surface area contributed by atoms with Crippen molar-refractivity contribution in [3.05, 3.63) is 86.0 Å². The number of aromatic nitrogens is 2. The Morgan fingerprint density at radius 3 is 2.27 bits per heavy atom. The number of carbonyl (C=O) groups excluding carboxylic acids is 1. The van der Waals surface area contributed by atoms with Crippen molar-refractivity contribution >= 4 is 17.5 Å². The molecule has 1 saturated carbocycles. The Kier molecular flexibility index (Phi) is 9.07. The Hall–Kier alpha value is -3.45. The van der Waals surface area contributed by atoms with Gasteiger partial charge in [-0.3, -0.25) is 9.59 Å². The molecule has 3 aromatic rings. The van der Waals surface area contributed by atoms with Crippen LogP contribution in [0.2, 0.25) is 5.02 Å². The van der Waals surface area contributed by atoms with Crippen molar-refractivity contribution in [3.8, 4) is 11.4 Å². The summed E-state index contributed by atoms with van der Waals surface area (Å²) >= 11 is 5.87. The minimum absolute atomic E-state index is 0.0518. The Labute approximate surface area is 233 Å². The number of halogens is 8. The van der Waals surface area contributed by atoms with E-state index in [0.717, 1.165) is 11.6 Å². The van der Waals surface area contributed by atoms with Gasteiger partial charge >= 0.3 is 12.4 Å². The lowest BCUT2D eigenvalue weighted by atomic mass is 9.86. The van der Waals surface area contributed by atoms with Crippen LogP contribution in [0.3, 0.4) is 0 Å². The quantitative estimate of drug-likeness (QED) is 0.295. The number of H-pyrrole nitrogens is 1. The van der Waals surface area contributed by atoms with E-state index in [0.29, 0.717) is 43.4 Å². The fourth-order valence-corrected chi connectivity index (χ4v) is 4.68. The van der Waals surface area contributed by atoms with Crippen LogP contribution >= 0.6 is 11.6 Å². The van der Waals surface area contributed by atoms with Crippen LogP contribution in [0.4, 0.5) is 30.7 Å². The number of aromatic amines is 1. The van der Waals surface area contributed by atoms with E-state index in [1.54, 1.807) is 17.1 Å². The van der Waals surface area contributed by atoms with E-state index in [-0.39, 0.29) is 12.2 Å². The van der Waals surface area contributed by atoms with E-state index in [9.17, 15) is 35.9 Å². The van der Waals surface area contributed by atoms with Crippen LogP contribution in [0.5, 0.6) is 0 Å². The van der Waals surface area contributed by atoms with Crippen molar-refractivity contribution < 1.29 is 40.3 Å². The van der Waals surface area contributed by atoms with Gasteiger partial charge in [0.25, 0.3) is 5.56 Å². The van der Waals surface area contributed by atoms with E-state index >= 15 is 4.39 Å². The van der Waals surface area contributed by atoms with Crippen LogP contribution in [0.15, 0.2) is 47.3 Å². The molecule has 1 fully saturated rings. The molecule has 1 aliphatic rings. The summed E-state index contributed by atoms with van der Waals surface area (Å²) in [6.07, 6.45) is -8.33. The maximum absolute atomic E-state index is 15.4. The molecule has 0 unspecified atom stereocenters. The number of hydrogen-bond donors (Lipinski definition) is 2. The minimum Gasteiger partial charge on any atom is -0.374 e. The van der Waals surface area contributed by atoms with E-state index in [1.165, 1.54) is 0 Å². The van der Waals surface area contributed by atoms with Gasteiger partial charge in [0.15, 0.2) is 5.69 Å². The molecule has 1 amide bonds. The molecule has 1 aromatic heterocycles. The van der Waals surface area contributed by atoms with Crippen molar-refractivity contribution in [2.24, 2.45) is 5.92 Å². The van der Waals surface area contributed by atoms with Gasteiger partial charge in [-0.25, -0.2) is 9.37 Å². The normalized spacial score (nSPS) is 17.9. The van der Waals surface area contributed by atoms with Gasteiger partial charge in [-0.15, -0.1) is 0 Å². The molecule has 4 rings (SSSR count). The van der Waals surface area contributed by atoms with Gasteiger partial charge in [-0.05, 0) is 49.4 Å². The zero-order valence-electron chi connectivity index (χ0n) is 21.1. The summed E-state index contributed by atoms with van der Waals surface area (Å²) < 4.78 is 102. The smallest absolute Gasteiger partial charge is 0.374 e. The highest BCUT2D eigenvalue weighted by Crippen LogP contribution is 2.39. The Morgan fingerprint density at radius 2 is 1.66 bits per heavy atom. The average molecular weight is 606 g/mol. The molecular weight excluding hydrogens is 583 g/mol. The first-order valence-electron chi connectivity index (χ1n) is 12.4. The van der Waals surface area contributed by atoms with Crippen LogP contribution in [0, 0.1) is 11.7 Å². The summed E-state index contributed by atoms with van der Waals surface area (Å²) in [5, 5.41) is 3.09. The third-order valence-corrected chi connectivity index (χ3v) is 6.95. The molecule has 0 bridgehead atoms.